The topological polar surface area (TPSA) is 193 Å². The van der Waals surface area contributed by atoms with Crippen molar-refractivity contribution in [3.8, 4) is 11.5 Å². The molecule has 2 atom stereocenters. The molecule has 4 aromatic heterocycles. The van der Waals surface area contributed by atoms with Gasteiger partial charge in [0.2, 0.25) is 5.91 Å². The normalized spacial score (nSPS) is 18.4. The minimum Gasteiger partial charge on any atom is -0.495 e. The molecule has 2 aromatic carbocycles. The number of carbonyl (C=O) groups is 3. The van der Waals surface area contributed by atoms with Crippen LogP contribution in [0.15, 0.2) is 46.9 Å². The number of nitrogens with zero attached hydrogens (tertiary/aromatic N) is 7. The lowest BCUT2D eigenvalue weighted by molar-refractivity contribution is -0.142. The number of amides is 1. The fourth-order valence-corrected chi connectivity index (χ4v) is 11.7. The van der Waals surface area contributed by atoms with Crippen molar-refractivity contribution in [3.05, 3.63) is 80.1 Å². The lowest BCUT2D eigenvalue weighted by Crippen LogP contribution is -2.43. The van der Waals surface area contributed by atoms with Crippen LogP contribution < -0.4 is 20.1 Å². The van der Waals surface area contributed by atoms with Crippen LogP contribution in [0.2, 0.25) is 0 Å². The van der Waals surface area contributed by atoms with E-state index in [1.807, 2.05) is 35.5 Å². The summed E-state index contributed by atoms with van der Waals surface area (Å²) in [7, 11) is 3.32. The van der Waals surface area contributed by atoms with Crippen molar-refractivity contribution in [1.29, 1.82) is 0 Å². The smallest absolute Gasteiger partial charge is 0.306 e. The van der Waals surface area contributed by atoms with Gasteiger partial charge in [0.05, 0.1) is 55.4 Å². The molecule has 3 aliphatic heterocycles. The number of carboxylic acid groups (broad SMARTS) is 1. The van der Waals surface area contributed by atoms with Gasteiger partial charge in [0.25, 0.3) is 0 Å². The predicted molar refractivity (Wildman–Crippen MR) is 239 cm³/mol. The maximum Gasteiger partial charge on any atom is 0.306 e. The van der Waals surface area contributed by atoms with Crippen LogP contribution in [0, 0.1) is 11.8 Å². The number of nitrogens with one attached hydrogen (secondary N) is 2. The number of benzene rings is 2. The fraction of sp³-hybridized carbons (Fsp3) is 0.356. The Kier molecular flexibility index (Phi) is 10.6. The third-order valence-corrected chi connectivity index (χ3v) is 14.8. The standard InChI is InChI=1S/C25H25N5O3S.C20H18N4O3S/c1-33-20-9-16-12-26-11-15(16)8-19(20)29-23-22-18-3-2-14(10-21(18)34-24(22)28-13-27-23)25(32)30-6-4-17(31)5-7-30;1-27-15-5-12-8-21-7-11(12)4-14(15)24-18-17-13-3-2-10(20(25)26)6-16(13)28-19(17)23-9-22-18/h8-9,11,13-14H,2-7,10,12H2,1H3,(H,27,28,29);4-5,7,9-10H,2-3,6,8H2,1H3,(H,25,26)(H,22,23,24). The average Bonchev–Trinajstić information content (AvgIpc) is 4.10. The number of aliphatic carboxylic acids is 1. The van der Waals surface area contributed by atoms with E-state index in [9.17, 15) is 19.5 Å². The molecule has 17 heteroatoms. The number of thiophene rings is 2. The Hall–Kier alpha value is -6.33. The zero-order valence-electron chi connectivity index (χ0n) is 34.2. The van der Waals surface area contributed by atoms with Gasteiger partial charge in [0.15, 0.2) is 0 Å². The van der Waals surface area contributed by atoms with Crippen molar-refractivity contribution in [3.63, 3.8) is 0 Å². The molecule has 1 amide bonds. The fourth-order valence-electron chi connectivity index (χ4n) is 9.13. The van der Waals surface area contributed by atoms with Gasteiger partial charge in [-0.1, -0.05) is 0 Å². The number of hydrogen-bond donors (Lipinski definition) is 3. The van der Waals surface area contributed by atoms with E-state index in [4.69, 9.17) is 9.47 Å². The molecule has 11 rings (SSSR count). The maximum absolute atomic E-state index is 13.1. The number of fused-ring (bicyclic) bond motifs is 8. The van der Waals surface area contributed by atoms with E-state index in [0.29, 0.717) is 51.9 Å². The number of ketones is 1. The first-order valence-electron chi connectivity index (χ1n) is 20.7. The minimum absolute atomic E-state index is 0.0331. The van der Waals surface area contributed by atoms with Crippen molar-refractivity contribution in [2.75, 3.05) is 37.9 Å². The number of ether oxygens (including phenoxy) is 2. The first-order chi connectivity index (χ1) is 30.2. The lowest BCUT2D eigenvalue weighted by atomic mass is 9.86. The summed E-state index contributed by atoms with van der Waals surface area (Å²) in [5.41, 5.74) is 8.53. The molecule has 2 unspecified atom stereocenters. The van der Waals surface area contributed by atoms with E-state index in [0.717, 1.165) is 108 Å². The molecule has 7 heterocycles. The molecule has 0 spiro atoms. The van der Waals surface area contributed by atoms with Gasteiger partial charge in [-0.05, 0) is 96.2 Å². The van der Waals surface area contributed by atoms with Gasteiger partial charge in [-0.25, -0.2) is 19.9 Å². The zero-order valence-corrected chi connectivity index (χ0v) is 35.8. The number of likely N-dealkylation sites (tertiary alicyclic amines) is 1. The van der Waals surface area contributed by atoms with E-state index in [1.165, 1.54) is 16.0 Å². The number of aromatic nitrogens is 4. The summed E-state index contributed by atoms with van der Waals surface area (Å²) in [6, 6.07) is 8.10. The van der Waals surface area contributed by atoms with Gasteiger partial charge >= 0.3 is 5.97 Å². The van der Waals surface area contributed by atoms with Crippen molar-refractivity contribution >= 4 is 96.2 Å². The highest BCUT2D eigenvalue weighted by Crippen LogP contribution is 2.44. The highest BCUT2D eigenvalue weighted by Gasteiger charge is 2.33. The van der Waals surface area contributed by atoms with E-state index >= 15 is 0 Å². The van der Waals surface area contributed by atoms with Crippen LogP contribution in [0.25, 0.3) is 20.4 Å². The van der Waals surface area contributed by atoms with Crippen molar-refractivity contribution in [2.45, 2.75) is 64.5 Å². The van der Waals surface area contributed by atoms with Crippen LogP contribution in [-0.2, 0) is 53.2 Å². The Bertz CT molecular complexity index is 2860. The molecule has 0 bridgehead atoms. The van der Waals surface area contributed by atoms with Crippen LogP contribution in [0.3, 0.4) is 0 Å². The maximum atomic E-state index is 13.1. The first kappa shape index (κ1) is 39.8. The molecule has 0 saturated carbocycles. The second-order valence-electron chi connectivity index (χ2n) is 16.1. The molecule has 316 valence electrons. The number of aliphatic imine (C=N–C) groups is 2. The van der Waals surface area contributed by atoms with Gasteiger partial charge in [-0.2, -0.15) is 0 Å². The van der Waals surface area contributed by atoms with Crippen LogP contribution in [-0.4, -0.2) is 87.3 Å². The van der Waals surface area contributed by atoms with Crippen molar-refractivity contribution in [1.82, 2.24) is 24.8 Å². The summed E-state index contributed by atoms with van der Waals surface area (Å²) in [6.07, 6.45) is 12.1. The van der Waals surface area contributed by atoms with E-state index in [-0.39, 0.29) is 23.5 Å². The number of aryl methyl sites for hydroxylation is 2. The first-order valence-corrected chi connectivity index (χ1v) is 22.4. The second-order valence-corrected chi connectivity index (χ2v) is 18.3. The highest BCUT2D eigenvalue weighted by molar-refractivity contribution is 7.19. The summed E-state index contributed by atoms with van der Waals surface area (Å²) in [5, 5.41) is 18.3. The third kappa shape index (κ3) is 7.42. The number of anilines is 4. The number of methoxy groups -OCH3 is 2. The highest BCUT2D eigenvalue weighted by atomic mass is 32.1. The average molecular weight is 870 g/mol. The van der Waals surface area contributed by atoms with E-state index in [2.05, 4.69) is 46.6 Å². The number of rotatable bonds is 8. The van der Waals surface area contributed by atoms with E-state index in [1.54, 1.807) is 49.5 Å². The predicted octanol–water partition coefficient (Wildman–Crippen LogP) is 7.24. The third-order valence-electron chi connectivity index (χ3n) is 12.4. The number of Topliss-reactive ketones (excluding diaryl/α,β-unsaturated/α-hetero) is 1. The Labute approximate surface area is 364 Å². The molecule has 3 N–H and O–H groups in total. The summed E-state index contributed by atoms with van der Waals surface area (Å²) >= 11 is 3.22. The summed E-state index contributed by atoms with van der Waals surface area (Å²) in [6.45, 7) is 2.46. The van der Waals surface area contributed by atoms with Crippen LogP contribution >= 0.6 is 22.7 Å². The quantitative estimate of drug-likeness (QED) is 0.139. The molecule has 6 aromatic rings. The van der Waals surface area contributed by atoms with Gasteiger partial charge < -0.3 is 30.1 Å². The molecule has 62 heavy (non-hydrogen) atoms. The number of carboxylic acids is 1. The SMILES string of the molecule is COc1cc2c(cc1Nc1ncnc3sc4c(c13)CCC(C(=O)N1CCC(=O)CC1)C4)C=NC2.COc1cc2c(cc1Nc1ncnc3sc4c(c13)CCC(C(=O)O)C4)C=NC2. The number of hydrogen-bond acceptors (Lipinski definition) is 15. The van der Waals surface area contributed by atoms with Gasteiger partial charge in [0.1, 0.15) is 51.2 Å². The molecule has 5 aliphatic rings. The summed E-state index contributed by atoms with van der Waals surface area (Å²) < 4.78 is 11.2. The van der Waals surface area contributed by atoms with E-state index < -0.39 is 5.97 Å². The molecule has 1 fully saturated rings. The summed E-state index contributed by atoms with van der Waals surface area (Å²) in [4.78, 5) is 68.8. The second kappa shape index (κ2) is 16.5. The molecule has 0 radical (unpaired) electrons. The largest absolute Gasteiger partial charge is 0.495 e. The monoisotopic (exact) mass is 869 g/mol. The molecular formula is C45H43N9O6S2. The minimum atomic E-state index is -0.725. The Morgan fingerprint density at radius 1 is 0.710 bits per heavy atom. The van der Waals surface area contributed by atoms with Crippen LogP contribution in [0.1, 0.15) is 68.8 Å². The van der Waals surface area contributed by atoms with Gasteiger partial charge in [0, 0.05) is 54.0 Å². The Balaban J connectivity index is 0.000000151. The molecular weight excluding hydrogens is 827 g/mol. The molecule has 1 saturated heterocycles. The number of piperidine rings is 1. The van der Waals surface area contributed by atoms with Gasteiger partial charge in [-0.3, -0.25) is 24.4 Å². The zero-order chi connectivity index (χ0) is 42.5. The van der Waals surface area contributed by atoms with Gasteiger partial charge in [-0.15, -0.1) is 22.7 Å². The molecule has 15 nitrogen and oxygen atoms in total. The lowest BCUT2D eigenvalue weighted by Gasteiger charge is -2.31. The van der Waals surface area contributed by atoms with Crippen LogP contribution in [0.4, 0.5) is 23.0 Å². The van der Waals surface area contributed by atoms with Crippen molar-refractivity contribution < 1.29 is 29.0 Å². The number of carbonyl (C=O) groups excluding carboxylic acids is 2. The Morgan fingerprint density at radius 2 is 1.21 bits per heavy atom. The summed E-state index contributed by atoms with van der Waals surface area (Å²) in [5.74, 6) is 2.35. The Morgan fingerprint density at radius 3 is 1.71 bits per heavy atom. The van der Waals surface area contributed by atoms with Crippen molar-refractivity contribution in [2.24, 2.45) is 21.8 Å². The molecule has 2 aliphatic carbocycles. The van der Waals surface area contributed by atoms with Crippen LogP contribution in [0.5, 0.6) is 11.5 Å².